The molecule has 2 aromatic carbocycles. The van der Waals surface area contributed by atoms with Crippen LogP contribution in [0.1, 0.15) is 18.1 Å². The van der Waals surface area contributed by atoms with Crippen molar-refractivity contribution in [1.82, 2.24) is 0 Å². The van der Waals surface area contributed by atoms with E-state index in [2.05, 4.69) is 38.2 Å². The maximum absolute atomic E-state index is 12.8. The van der Waals surface area contributed by atoms with E-state index in [0.717, 1.165) is 24.4 Å². The summed E-state index contributed by atoms with van der Waals surface area (Å²) in [5, 5.41) is 0. The Balaban J connectivity index is 1.63. The van der Waals surface area contributed by atoms with Gasteiger partial charge in [0, 0.05) is 17.3 Å². The van der Waals surface area contributed by atoms with Crippen molar-refractivity contribution < 1.29 is 14.4 Å². The van der Waals surface area contributed by atoms with Gasteiger partial charge in [-0.25, -0.2) is 0 Å². The molecule has 4 nitrogen and oxygen atoms in total. The highest BCUT2D eigenvalue weighted by Crippen LogP contribution is 2.31. The van der Waals surface area contributed by atoms with Gasteiger partial charge in [-0.1, -0.05) is 18.2 Å². The summed E-state index contributed by atoms with van der Waals surface area (Å²) in [6.07, 6.45) is 0.944. The van der Waals surface area contributed by atoms with Crippen LogP contribution >= 0.6 is 0 Å². The summed E-state index contributed by atoms with van der Waals surface area (Å²) in [6.45, 7) is 3.43. The first-order chi connectivity index (χ1) is 11.6. The van der Waals surface area contributed by atoms with Crippen molar-refractivity contribution in [2.45, 2.75) is 25.9 Å². The minimum Gasteiger partial charge on any atom is -0.497 e. The molecule has 0 aliphatic carbocycles. The molecule has 0 radical (unpaired) electrons. The fourth-order valence-corrected chi connectivity index (χ4v) is 3.44. The number of benzene rings is 2. The molecule has 1 amide bonds. The Morgan fingerprint density at radius 1 is 1.21 bits per heavy atom. The molecule has 0 fully saturated rings. The van der Waals surface area contributed by atoms with Gasteiger partial charge in [0.1, 0.15) is 12.3 Å². The number of rotatable bonds is 5. The van der Waals surface area contributed by atoms with Crippen LogP contribution in [0, 0.1) is 0 Å². The molecule has 1 aliphatic rings. The second-order valence-electron chi connectivity index (χ2n) is 6.60. The summed E-state index contributed by atoms with van der Waals surface area (Å²) in [5.74, 6) is 1.05. The fraction of sp³-hybridized carbons (Fsp3) is 0.350. The predicted octanol–water partition coefficient (Wildman–Crippen LogP) is 1.69. The normalized spacial score (nSPS) is 17.5. The molecule has 2 atom stereocenters. The van der Waals surface area contributed by atoms with Crippen LogP contribution in [0.2, 0.25) is 0 Å². The predicted molar refractivity (Wildman–Crippen MR) is 95.5 cm³/mol. The second kappa shape index (κ2) is 7.05. The molecule has 24 heavy (non-hydrogen) atoms. The number of quaternary nitrogens is 1. The largest absolute Gasteiger partial charge is 0.497 e. The summed E-state index contributed by atoms with van der Waals surface area (Å²) in [7, 11) is 3.73. The minimum absolute atomic E-state index is 0.193. The third-order valence-corrected chi connectivity index (χ3v) is 4.59. The van der Waals surface area contributed by atoms with E-state index < -0.39 is 0 Å². The van der Waals surface area contributed by atoms with E-state index in [-0.39, 0.29) is 11.9 Å². The van der Waals surface area contributed by atoms with Crippen molar-refractivity contribution in [3.8, 4) is 5.75 Å². The molecule has 4 heteroatoms. The van der Waals surface area contributed by atoms with Crippen LogP contribution in [0.5, 0.6) is 5.75 Å². The number of methoxy groups -OCH3 is 1. The molecule has 1 unspecified atom stereocenters. The number of nitrogens with zero attached hydrogens (tertiary/aromatic N) is 1. The lowest BCUT2D eigenvalue weighted by atomic mass is 10.1. The average molecular weight is 325 g/mol. The van der Waals surface area contributed by atoms with Crippen LogP contribution in [0.4, 0.5) is 5.69 Å². The van der Waals surface area contributed by atoms with Crippen molar-refractivity contribution in [1.29, 1.82) is 0 Å². The van der Waals surface area contributed by atoms with E-state index in [0.29, 0.717) is 6.54 Å². The Morgan fingerprint density at radius 2 is 1.92 bits per heavy atom. The third kappa shape index (κ3) is 3.44. The van der Waals surface area contributed by atoms with E-state index in [1.54, 1.807) is 7.11 Å². The van der Waals surface area contributed by atoms with E-state index in [1.807, 2.05) is 29.2 Å². The van der Waals surface area contributed by atoms with Crippen molar-refractivity contribution in [2.75, 3.05) is 25.6 Å². The van der Waals surface area contributed by atoms with Gasteiger partial charge in [-0.05, 0) is 49.2 Å². The molecule has 0 saturated carbocycles. The van der Waals surface area contributed by atoms with Crippen LogP contribution in [0.15, 0.2) is 48.5 Å². The van der Waals surface area contributed by atoms with Gasteiger partial charge in [0.05, 0.1) is 14.2 Å². The van der Waals surface area contributed by atoms with Crippen molar-refractivity contribution in [3.05, 3.63) is 59.7 Å². The summed E-state index contributed by atoms with van der Waals surface area (Å²) < 4.78 is 5.18. The molecule has 0 aromatic heterocycles. The summed E-state index contributed by atoms with van der Waals surface area (Å²) >= 11 is 0. The molecule has 2 aromatic rings. The maximum atomic E-state index is 12.8. The van der Waals surface area contributed by atoms with Crippen molar-refractivity contribution in [2.24, 2.45) is 0 Å². The van der Waals surface area contributed by atoms with Gasteiger partial charge in [-0.15, -0.1) is 0 Å². The number of para-hydroxylation sites is 1. The summed E-state index contributed by atoms with van der Waals surface area (Å²) in [4.78, 5) is 16.0. The molecule has 3 rings (SSSR count). The van der Waals surface area contributed by atoms with Gasteiger partial charge in [-0.3, -0.25) is 4.79 Å². The second-order valence-corrected chi connectivity index (χ2v) is 6.60. The number of carbonyl (C=O) groups excluding carboxylic acids is 1. The zero-order chi connectivity index (χ0) is 17.1. The molecule has 0 bridgehead atoms. The van der Waals surface area contributed by atoms with Crippen LogP contribution in [0.3, 0.4) is 0 Å². The van der Waals surface area contributed by atoms with Gasteiger partial charge in [0.25, 0.3) is 5.91 Å². The SMILES string of the molecule is COc1ccc(C[NH+](C)CC(=O)N2c3ccccc3C[C@@H]2C)cc1. The minimum atomic E-state index is 0.193. The van der Waals surface area contributed by atoms with Gasteiger partial charge in [-0.2, -0.15) is 0 Å². The Labute approximate surface area is 143 Å². The van der Waals surface area contributed by atoms with E-state index in [9.17, 15) is 4.79 Å². The molecule has 1 N–H and O–H groups in total. The monoisotopic (exact) mass is 325 g/mol. The highest BCUT2D eigenvalue weighted by molar-refractivity contribution is 5.96. The van der Waals surface area contributed by atoms with Gasteiger partial charge in [0.2, 0.25) is 0 Å². The first-order valence-corrected chi connectivity index (χ1v) is 8.42. The maximum Gasteiger partial charge on any atom is 0.282 e. The summed E-state index contributed by atoms with van der Waals surface area (Å²) in [6, 6.07) is 16.5. The number of amides is 1. The van der Waals surface area contributed by atoms with Crippen molar-refractivity contribution >= 4 is 11.6 Å². The number of likely N-dealkylation sites (N-methyl/N-ethyl adjacent to an activating group) is 1. The average Bonchev–Trinajstić information content (AvgIpc) is 2.91. The molecule has 0 spiro atoms. The molecular weight excluding hydrogens is 300 g/mol. The Morgan fingerprint density at radius 3 is 2.62 bits per heavy atom. The smallest absolute Gasteiger partial charge is 0.282 e. The number of hydrogen-bond donors (Lipinski definition) is 1. The number of anilines is 1. The highest BCUT2D eigenvalue weighted by Gasteiger charge is 2.31. The van der Waals surface area contributed by atoms with Gasteiger partial charge < -0.3 is 14.5 Å². The molecule has 0 saturated heterocycles. The lowest BCUT2D eigenvalue weighted by molar-refractivity contribution is -0.885. The lowest BCUT2D eigenvalue weighted by Crippen LogP contribution is -3.09. The first-order valence-electron chi connectivity index (χ1n) is 8.42. The molecule has 126 valence electrons. The van der Waals surface area contributed by atoms with Crippen LogP contribution < -0.4 is 14.5 Å². The zero-order valence-corrected chi connectivity index (χ0v) is 14.6. The van der Waals surface area contributed by atoms with Crippen LogP contribution in [0.25, 0.3) is 0 Å². The lowest BCUT2D eigenvalue weighted by Gasteiger charge is -2.24. The van der Waals surface area contributed by atoms with Gasteiger partial charge >= 0.3 is 0 Å². The number of fused-ring (bicyclic) bond motifs is 1. The van der Waals surface area contributed by atoms with Crippen LogP contribution in [-0.2, 0) is 17.8 Å². The van der Waals surface area contributed by atoms with E-state index >= 15 is 0 Å². The number of carbonyl (C=O) groups is 1. The fourth-order valence-electron chi connectivity index (χ4n) is 3.44. The number of nitrogens with one attached hydrogen (secondary N) is 1. The molecule has 1 heterocycles. The Bertz CT molecular complexity index is 712. The zero-order valence-electron chi connectivity index (χ0n) is 14.6. The Kier molecular flexibility index (Phi) is 4.86. The van der Waals surface area contributed by atoms with Crippen molar-refractivity contribution in [3.63, 3.8) is 0 Å². The summed E-state index contributed by atoms with van der Waals surface area (Å²) in [5.41, 5.74) is 3.55. The Hall–Kier alpha value is -2.33. The van der Waals surface area contributed by atoms with E-state index in [4.69, 9.17) is 4.74 Å². The third-order valence-electron chi connectivity index (χ3n) is 4.59. The standard InChI is InChI=1S/C20H24N2O2/c1-15-12-17-6-4-5-7-19(17)22(15)20(23)14-21(2)13-16-8-10-18(24-3)11-9-16/h4-11,15H,12-14H2,1-3H3/p+1/t15-/m0/s1. The quantitative estimate of drug-likeness (QED) is 0.908. The van der Waals surface area contributed by atoms with Crippen LogP contribution in [-0.4, -0.2) is 32.7 Å². The topological polar surface area (TPSA) is 34.0 Å². The first kappa shape index (κ1) is 16.5. The molecular formula is C20H25N2O2+. The molecule has 1 aliphatic heterocycles. The number of ether oxygens (including phenoxy) is 1. The highest BCUT2D eigenvalue weighted by atomic mass is 16.5. The number of hydrogen-bond acceptors (Lipinski definition) is 2. The van der Waals surface area contributed by atoms with Gasteiger partial charge in [0.15, 0.2) is 6.54 Å². The van der Waals surface area contributed by atoms with E-state index in [1.165, 1.54) is 16.0 Å².